The van der Waals surface area contributed by atoms with Crippen LogP contribution in [-0.2, 0) is 9.84 Å². The Hall–Kier alpha value is -2.19. The van der Waals surface area contributed by atoms with E-state index in [9.17, 15) is 12.8 Å². The van der Waals surface area contributed by atoms with Crippen molar-refractivity contribution >= 4 is 31.7 Å². The van der Waals surface area contributed by atoms with E-state index in [4.69, 9.17) is 4.42 Å². The van der Waals surface area contributed by atoms with E-state index in [1.54, 1.807) is 24.3 Å². The topological polar surface area (TPSA) is 72.2 Å². The van der Waals surface area contributed by atoms with Gasteiger partial charge in [-0.2, -0.15) is 4.98 Å². The van der Waals surface area contributed by atoms with Gasteiger partial charge in [0.2, 0.25) is 26.6 Å². The Labute approximate surface area is 146 Å². The quantitative estimate of drug-likeness (QED) is 0.654. The Morgan fingerprint density at radius 3 is 2.29 bits per heavy atom. The number of hydrogen-bond donors (Lipinski definition) is 1. The van der Waals surface area contributed by atoms with Crippen molar-refractivity contribution in [1.29, 1.82) is 0 Å². The summed E-state index contributed by atoms with van der Waals surface area (Å²) in [4.78, 5) is 4.07. The van der Waals surface area contributed by atoms with Crippen LogP contribution in [0.25, 0.3) is 11.5 Å². The molecule has 3 aromatic rings. The first-order valence-corrected chi connectivity index (χ1v) is 9.14. The minimum absolute atomic E-state index is 0.0252. The summed E-state index contributed by atoms with van der Waals surface area (Å²) in [5.74, 6) is -0.316. The van der Waals surface area contributed by atoms with Crippen LogP contribution in [0.4, 0.5) is 10.3 Å². The van der Waals surface area contributed by atoms with Gasteiger partial charge in [0.25, 0.3) is 0 Å². The van der Waals surface area contributed by atoms with Crippen molar-refractivity contribution in [2.24, 2.45) is 0 Å². The van der Waals surface area contributed by atoms with Crippen LogP contribution in [-0.4, -0.2) is 20.4 Å². The molecule has 1 heterocycles. The van der Waals surface area contributed by atoms with Crippen molar-refractivity contribution < 1.29 is 17.2 Å². The van der Waals surface area contributed by atoms with E-state index >= 15 is 0 Å². The Bertz CT molecular complexity index is 968. The lowest BCUT2D eigenvalue weighted by molar-refractivity contribution is 0.580. The zero-order valence-corrected chi connectivity index (χ0v) is 14.9. The average Bonchev–Trinajstić information content (AvgIpc) is 3.01. The lowest BCUT2D eigenvalue weighted by Crippen LogP contribution is -2.05. The second-order valence-corrected chi connectivity index (χ2v) is 7.65. The van der Waals surface area contributed by atoms with Gasteiger partial charge >= 0.3 is 0 Å². The number of nitrogens with zero attached hydrogens (tertiary/aromatic N) is 1. The molecule has 0 atom stereocenters. The van der Waals surface area contributed by atoms with Gasteiger partial charge in [0, 0.05) is 17.1 Å². The van der Waals surface area contributed by atoms with Crippen molar-refractivity contribution in [2.75, 3.05) is 12.4 Å². The summed E-state index contributed by atoms with van der Waals surface area (Å²) in [5, 5.41) is 2.45. The van der Waals surface area contributed by atoms with Crippen LogP contribution in [0, 0.1) is 5.82 Å². The van der Waals surface area contributed by atoms with Crippen molar-refractivity contribution in [3.05, 3.63) is 58.8 Å². The molecule has 2 aromatic carbocycles. The molecule has 0 aliphatic rings. The second-order valence-electron chi connectivity index (χ2n) is 4.87. The van der Waals surface area contributed by atoms with Gasteiger partial charge in [0.05, 0.1) is 4.90 Å². The molecule has 0 aliphatic carbocycles. The fourth-order valence-electron chi connectivity index (χ4n) is 2.09. The van der Waals surface area contributed by atoms with Crippen molar-refractivity contribution in [1.82, 2.24) is 4.98 Å². The van der Waals surface area contributed by atoms with E-state index in [1.807, 2.05) is 0 Å². The molecule has 0 radical (unpaired) electrons. The molecule has 0 aliphatic heterocycles. The molecular weight excluding hydrogens is 399 g/mol. The van der Waals surface area contributed by atoms with Crippen molar-refractivity contribution in [3.63, 3.8) is 0 Å². The number of hydrogen-bond acceptors (Lipinski definition) is 5. The maximum absolute atomic E-state index is 13.0. The van der Waals surface area contributed by atoms with E-state index in [0.29, 0.717) is 5.56 Å². The highest BCUT2D eigenvalue weighted by Crippen LogP contribution is 2.32. The van der Waals surface area contributed by atoms with Gasteiger partial charge in [-0.1, -0.05) is 15.9 Å². The first-order valence-electron chi connectivity index (χ1n) is 6.87. The summed E-state index contributed by atoms with van der Waals surface area (Å²) in [6.07, 6.45) is 0. The van der Waals surface area contributed by atoms with E-state index in [0.717, 1.165) is 16.6 Å². The summed E-state index contributed by atoms with van der Waals surface area (Å²) in [7, 11) is -2.40. The molecule has 0 spiro atoms. The fourth-order valence-corrected chi connectivity index (χ4v) is 3.66. The monoisotopic (exact) mass is 410 g/mol. The third-order valence-electron chi connectivity index (χ3n) is 3.29. The number of sulfone groups is 1. The van der Waals surface area contributed by atoms with Gasteiger partial charge in [-0.25, -0.2) is 12.8 Å². The number of rotatable bonds is 4. The van der Waals surface area contributed by atoms with Crippen molar-refractivity contribution in [2.45, 2.75) is 9.92 Å². The predicted molar refractivity (Wildman–Crippen MR) is 91.0 cm³/mol. The number of oxazole rings is 1. The van der Waals surface area contributed by atoms with Crippen LogP contribution in [0.5, 0.6) is 0 Å². The molecule has 0 amide bonds. The SMILES string of the molecule is CNc1oc(-c2ccc(Br)cc2)nc1S(=O)(=O)c1ccc(F)cc1. The van der Waals surface area contributed by atoms with Crippen LogP contribution >= 0.6 is 15.9 Å². The number of nitrogens with one attached hydrogen (secondary N) is 1. The first-order chi connectivity index (χ1) is 11.4. The van der Waals surface area contributed by atoms with Gasteiger partial charge < -0.3 is 9.73 Å². The van der Waals surface area contributed by atoms with Gasteiger partial charge in [0.1, 0.15) is 5.82 Å². The zero-order chi connectivity index (χ0) is 17.3. The summed E-state index contributed by atoms with van der Waals surface area (Å²) in [6, 6.07) is 11.7. The molecule has 1 aromatic heterocycles. The van der Waals surface area contributed by atoms with Gasteiger partial charge in [-0.3, -0.25) is 0 Å². The molecule has 0 fully saturated rings. The molecule has 0 saturated carbocycles. The number of aromatic nitrogens is 1. The maximum atomic E-state index is 13.0. The van der Waals surface area contributed by atoms with Gasteiger partial charge in [-0.05, 0) is 48.5 Å². The third kappa shape index (κ3) is 3.07. The van der Waals surface area contributed by atoms with E-state index in [-0.39, 0.29) is 21.7 Å². The smallest absolute Gasteiger partial charge is 0.233 e. The van der Waals surface area contributed by atoms with Crippen molar-refractivity contribution in [3.8, 4) is 11.5 Å². The first kappa shape index (κ1) is 16.7. The largest absolute Gasteiger partial charge is 0.419 e. The maximum Gasteiger partial charge on any atom is 0.233 e. The minimum atomic E-state index is -3.94. The molecule has 0 unspecified atom stereocenters. The Balaban J connectivity index is 2.10. The lowest BCUT2D eigenvalue weighted by atomic mass is 10.2. The predicted octanol–water partition coefficient (Wildman–Crippen LogP) is 4.12. The molecular formula is C16H12BrFN2O3S. The zero-order valence-electron chi connectivity index (χ0n) is 12.5. The molecule has 5 nitrogen and oxygen atoms in total. The molecule has 8 heteroatoms. The summed E-state index contributed by atoms with van der Waals surface area (Å²) < 4.78 is 44.9. The van der Waals surface area contributed by atoms with Crippen LogP contribution < -0.4 is 5.32 Å². The van der Waals surface area contributed by atoms with Gasteiger partial charge in [0.15, 0.2) is 0 Å². The Kier molecular flexibility index (Phi) is 4.42. The van der Waals surface area contributed by atoms with E-state index in [1.165, 1.54) is 19.2 Å². The van der Waals surface area contributed by atoms with E-state index in [2.05, 4.69) is 26.2 Å². The standard InChI is InChI=1S/C16H12BrFN2O3S/c1-19-15-16(24(21,22)13-8-6-12(18)7-9-13)20-14(23-15)10-2-4-11(17)5-3-10/h2-9,19H,1H3. The highest BCUT2D eigenvalue weighted by atomic mass is 79.9. The Morgan fingerprint density at radius 2 is 1.71 bits per heavy atom. The highest BCUT2D eigenvalue weighted by molar-refractivity contribution is 9.10. The highest BCUT2D eigenvalue weighted by Gasteiger charge is 2.28. The second kappa shape index (κ2) is 6.37. The molecule has 124 valence electrons. The lowest BCUT2D eigenvalue weighted by Gasteiger charge is -2.02. The normalized spacial score (nSPS) is 11.5. The molecule has 0 saturated heterocycles. The van der Waals surface area contributed by atoms with Crippen LogP contribution in [0.2, 0.25) is 0 Å². The number of benzene rings is 2. The summed E-state index contributed by atoms with van der Waals surface area (Å²) in [6.45, 7) is 0. The Morgan fingerprint density at radius 1 is 1.08 bits per heavy atom. The van der Waals surface area contributed by atoms with E-state index < -0.39 is 15.7 Å². The van der Waals surface area contributed by atoms with Crippen LogP contribution in [0.15, 0.2) is 67.3 Å². The fraction of sp³-hybridized carbons (Fsp3) is 0.0625. The minimum Gasteiger partial charge on any atom is -0.419 e. The summed E-state index contributed by atoms with van der Waals surface area (Å²) >= 11 is 3.33. The van der Waals surface area contributed by atoms with Crippen LogP contribution in [0.1, 0.15) is 0 Å². The number of anilines is 1. The molecule has 1 N–H and O–H groups in total. The van der Waals surface area contributed by atoms with Gasteiger partial charge in [-0.15, -0.1) is 0 Å². The number of halogens is 2. The molecule has 3 rings (SSSR count). The van der Waals surface area contributed by atoms with Crippen LogP contribution in [0.3, 0.4) is 0 Å². The average molecular weight is 411 g/mol. The summed E-state index contributed by atoms with van der Waals surface area (Å²) in [5.41, 5.74) is 0.634. The molecule has 0 bridgehead atoms. The molecule has 24 heavy (non-hydrogen) atoms. The third-order valence-corrected chi connectivity index (χ3v) is 5.50.